The zero-order chi connectivity index (χ0) is 13.0. The summed E-state index contributed by atoms with van der Waals surface area (Å²) in [7, 11) is 0. The summed E-state index contributed by atoms with van der Waals surface area (Å²) in [4.78, 5) is 25.9. The highest BCUT2D eigenvalue weighted by Crippen LogP contribution is 2.23. The maximum atomic E-state index is 11.5. The highest BCUT2D eigenvalue weighted by atomic mass is 35.5. The fourth-order valence-electron chi connectivity index (χ4n) is 1.03. The molecule has 0 unspecified atom stereocenters. The quantitative estimate of drug-likeness (QED) is 0.788. The van der Waals surface area contributed by atoms with Crippen molar-refractivity contribution in [3.05, 3.63) is 16.1 Å². The second-order valence-corrected chi connectivity index (χ2v) is 3.65. The molecule has 6 nitrogen and oxygen atoms in total. The fourth-order valence-corrected chi connectivity index (χ4v) is 1.38. The van der Waals surface area contributed by atoms with Crippen molar-refractivity contribution in [2.75, 3.05) is 6.61 Å². The molecular weight excluding hydrogens is 271 g/mol. The predicted molar refractivity (Wildman–Crippen MR) is 60.0 cm³/mol. The molecule has 0 atom stereocenters. The number of imidazole rings is 1. The number of rotatable bonds is 4. The first-order valence-electron chi connectivity index (χ1n) is 4.69. The molecule has 0 bridgehead atoms. The second kappa shape index (κ2) is 5.88. The minimum absolute atomic E-state index is 0.0102. The van der Waals surface area contributed by atoms with Gasteiger partial charge in [-0.1, -0.05) is 23.2 Å². The number of halogens is 2. The van der Waals surface area contributed by atoms with Crippen LogP contribution in [0.1, 0.15) is 24.5 Å². The van der Waals surface area contributed by atoms with Gasteiger partial charge in [-0.2, -0.15) is 0 Å². The lowest BCUT2D eigenvalue weighted by Crippen LogP contribution is -2.16. The number of hydrogen-bond donors (Lipinski definition) is 0. The summed E-state index contributed by atoms with van der Waals surface area (Å²) in [6.45, 7) is 2.83. The van der Waals surface area contributed by atoms with Crippen LogP contribution in [0.4, 0.5) is 0 Å². The maximum absolute atomic E-state index is 11.5. The summed E-state index contributed by atoms with van der Waals surface area (Å²) in [6.07, 6.45) is 0. The zero-order valence-electron chi connectivity index (χ0n) is 9.20. The molecule has 0 aromatic carbocycles. The summed E-state index contributed by atoms with van der Waals surface area (Å²) in [6, 6.07) is 0. The minimum atomic E-state index is -0.687. The average Bonchev–Trinajstić information content (AvgIpc) is 2.53. The minimum Gasteiger partial charge on any atom is -0.460 e. The number of carbonyl (C=O) groups is 2. The van der Waals surface area contributed by atoms with Gasteiger partial charge in [0.25, 0.3) is 0 Å². The molecule has 0 aliphatic carbocycles. The first-order valence-corrected chi connectivity index (χ1v) is 5.45. The van der Waals surface area contributed by atoms with E-state index in [1.54, 1.807) is 6.92 Å². The Morgan fingerprint density at radius 1 is 1.35 bits per heavy atom. The lowest BCUT2D eigenvalue weighted by Gasteiger charge is -2.07. The third kappa shape index (κ3) is 3.34. The third-order valence-electron chi connectivity index (χ3n) is 1.72. The smallest absolute Gasteiger partial charge is 0.374 e. The molecule has 0 spiro atoms. The summed E-state index contributed by atoms with van der Waals surface area (Å²) in [5, 5.41) is -0.0437. The summed E-state index contributed by atoms with van der Waals surface area (Å²) in [5.41, 5.74) is 0. The van der Waals surface area contributed by atoms with Crippen molar-refractivity contribution in [3.63, 3.8) is 0 Å². The van der Waals surface area contributed by atoms with Crippen LogP contribution in [-0.4, -0.2) is 28.1 Å². The number of aromatic nitrogens is 2. The van der Waals surface area contributed by atoms with Gasteiger partial charge in [-0.3, -0.25) is 9.36 Å². The van der Waals surface area contributed by atoms with Gasteiger partial charge in [0, 0.05) is 6.92 Å². The topological polar surface area (TPSA) is 70.4 Å². The monoisotopic (exact) mass is 280 g/mol. The van der Waals surface area contributed by atoms with Crippen molar-refractivity contribution in [1.82, 2.24) is 9.55 Å². The molecule has 0 aliphatic rings. The van der Waals surface area contributed by atoms with Gasteiger partial charge in [-0.25, -0.2) is 9.78 Å². The molecule has 1 aromatic heterocycles. The lowest BCUT2D eigenvalue weighted by molar-refractivity contribution is -0.144. The molecule has 8 heteroatoms. The van der Waals surface area contributed by atoms with Gasteiger partial charge in [-0.05, 0) is 6.92 Å². The Morgan fingerprint density at radius 3 is 2.53 bits per heavy atom. The van der Waals surface area contributed by atoms with Crippen LogP contribution in [0.15, 0.2) is 0 Å². The number of carbonyl (C=O) groups excluding carboxylic acids is 2. The van der Waals surface area contributed by atoms with E-state index in [0.29, 0.717) is 0 Å². The molecule has 1 rings (SSSR count). The molecule has 0 fully saturated rings. The molecule has 0 amide bonds. The fraction of sp³-hybridized carbons (Fsp3) is 0.444. The van der Waals surface area contributed by atoms with Gasteiger partial charge in [0.05, 0.1) is 6.61 Å². The van der Waals surface area contributed by atoms with Crippen LogP contribution in [0.3, 0.4) is 0 Å². The van der Waals surface area contributed by atoms with Crippen molar-refractivity contribution >= 4 is 35.1 Å². The highest BCUT2D eigenvalue weighted by molar-refractivity contribution is 6.40. The zero-order valence-corrected chi connectivity index (χ0v) is 10.7. The SMILES string of the molecule is CCOC(=O)c1nc(Cl)c(Cl)n1COC(C)=O. The Labute approximate surface area is 107 Å². The van der Waals surface area contributed by atoms with Gasteiger partial charge >= 0.3 is 11.9 Å². The summed E-state index contributed by atoms with van der Waals surface area (Å²) >= 11 is 11.5. The molecule has 0 radical (unpaired) electrons. The summed E-state index contributed by atoms with van der Waals surface area (Å²) < 4.78 is 10.6. The van der Waals surface area contributed by atoms with Gasteiger partial charge in [0.1, 0.15) is 0 Å². The van der Waals surface area contributed by atoms with E-state index in [0.717, 1.165) is 4.57 Å². The van der Waals surface area contributed by atoms with E-state index in [1.165, 1.54) is 6.92 Å². The van der Waals surface area contributed by atoms with Crippen LogP contribution in [0.25, 0.3) is 0 Å². The van der Waals surface area contributed by atoms with Crippen LogP contribution in [0.2, 0.25) is 10.3 Å². The van der Waals surface area contributed by atoms with E-state index in [1.807, 2.05) is 0 Å². The van der Waals surface area contributed by atoms with Crippen molar-refractivity contribution in [1.29, 1.82) is 0 Å². The summed E-state index contributed by atoms with van der Waals surface area (Å²) in [5.74, 6) is -1.31. The lowest BCUT2D eigenvalue weighted by atomic mass is 10.6. The molecule has 0 saturated heterocycles. The van der Waals surface area contributed by atoms with Crippen LogP contribution in [0.5, 0.6) is 0 Å². The van der Waals surface area contributed by atoms with Gasteiger partial charge in [-0.15, -0.1) is 0 Å². The van der Waals surface area contributed by atoms with Crippen molar-refractivity contribution < 1.29 is 19.1 Å². The van der Waals surface area contributed by atoms with Crippen LogP contribution in [0, 0.1) is 0 Å². The molecular formula is C9H10Cl2N2O4. The van der Waals surface area contributed by atoms with E-state index in [2.05, 4.69) is 4.98 Å². The largest absolute Gasteiger partial charge is 0.460 e. The third-order valence-corrected chi connectivity index (χ3v) is 2.47. The number of esters is 2. The molecule has 0 aliphatic heterocycles. The van der Waals surface area contributed by atoms with Crippen LogP contribution < -0.4 is 0 Å². The number of hydrogen-bond acceptors (Lipinski definition) is 5. The van der Waals surface area contributed by atoms with E-state index in [4.69, 9.17) is 32.7 Å². The number of nitrogens with zero attached hydrogens (tertiary/aromatic N) is 2. The maximum Gasteiger partial charge on any atom is 0.374 e. The van der Waals surface area contributed by atoms with Gasteiger partial charge in [0.15, 0.2) is 17.0 Å². The molecule has 0 saturated carbocycles. The first kappa shape index (κ1) is 13.8. The highest BCUT2D eigenvalue weighted by Gasteiger charge is 2.21. The normalized spacial score (nSPS) is 10.1. The van der Waals surface area contributed by atoms with E-state index >= 15 is 0 Å². The predicted octanol–water partition coefficient (Wildman–Crippen LogP) is 1.89. The van der Waals surface area contributed by atoms with E-state index in [-0.39, 0.29) is 29.5 Å². The van der Waals surface area contributed by atoms with Gasteiger partial charge < -0.3 is 9.47 Å². The van der Waals surface area contributed by atoms with E-state index in [9.17, 15) is 9.59 Å². The Hall–Kier alpha value is -1.27. The molecule has 1 aromatic rings. The van der Waals surface area contributed by atoms with Gasteiger partial charge in [0.2, 0.25) is 5.82 Å². The number of ether oxygens (including phenoxy) is 2. The molecule has 0 N–H and O–H groups in total. The van der Waals surface area contributed by atoms with Crippen molar-refractivity contribution in [3.8, 4) is 0 Å². The Morgan fingerprint density at radius 2 is 2.00 bits per heavy atom. The van der Waals surface area contributed by atoms with Crippen LogP contribution >= 0.6 is 23.2 Å². The standard InChI is InChI=1S/C9H10Cl2N2O4/c1-3-16-9(15)8-12-6(10)7(11)13(8)4-17-5(2)14/h3-4H2,1-2H3. The Balaban J connectivity index is 2.99. The molecule has 17 heavy (non-hydrogen) atoms. The van der Waals surface area contributed by atoms with Crippen molar-refractivity contribution in [2.45, 2.75) is 20.6 Å². The van der Waals surface area contributed by atoms with E-state index < -0.39 is 11.9 Å². The molecule has 94 valence electrons. The Bertz CT molecular complexity index is 444. The van der Waals surface area contributed by atoms with Crippen LogP contribution in [-0.2, 0) is 21.0 Å². The molecule has 1 heterocycles. The second-order valence-electron chi connectivity index (χ2n) is 2.93. The first-order chi connectivity index (χ1) is 7.97. The van der Waals surface area contributed by atoms with Crippen molar-refractivity contribution in [2.24, 2.45) is 0 Å². The average molecular weight is 281 g/mol. The Kier molecular flexibility index (Phi) is 4.77.